The molecule has 4 aliphatic carbocycles. The zero-order chi connectivity index (χ0) is 28.3. The number of hydrogen-bond acceptors (Lipinski definition) is 8. The smallest absolute Gasteiger partial charge is 0.306 e. The first kappa shape index (κ1) is 24.4. The molecule has 0 aromatic heterocycles. The number of allylic oxidation sites excluding steroid dienone is 2. The molecule has 0 N–H and O–H groups in total. The molecular weight excluding hydrogens is 536 g/mol. The molecule has 4 fully saturated rings. The van der Waals surface area contributed by atoms with E-state index in [0.29, 0.717) is 17.1 Å². The molecule has 2 aromatic rings. The summed E-state index contributed by atoms with van der Waals surface area (Å²) in [6.07, 6.45) is 0.251. The van der Waals surface area contributed by atoms with Crippen molar-refractivity contribution >= 4 is 23.5 Å². The standard InChI is InChI=1S/C34H28O8/c35-21-14-22(16-7-3-1-4-8-16)40-33-28(21)19-12-26(37)42-32(19)29-18-11-25-34(30(29)33,20-13-27(38)41-31(18)20)24(36)15-23(39-25)17-9-5-2-6-10-17/h1-11,18-20,22-23,29-32H,12-15H2/t18-,19+,20-,22-,23+,29-,30+,31-,32+,34-/m0/s1. The van der Waals surface area contributed by atoms with Crippen LogP contribution in [0.15, 0.2) is 83.8 Å². The van der Waals surface area contributed by atoms with Crippen molar-refractivity contribution in [3.63, 3.8) is 0 Å². The van der Waals surface area contributed by atoms with Gasteiger partial charge in [0.15, 0.2) is 11.6 Å². The molecule has 10 rings (SSSR count). The second kappa shape index (κ2) is 8.43. The number of esters is 2. The number of ketones is 2. The fourth-order valence-corrected chi connectivity index (χ4v) is 9.35. The Morgan fingerprint density at radius 2 is 1.31 bits per heavy atom. The van der Waals surface area contributed by atoms with E-state index in [4.69, 9.17) is 18.9 Å². The van der Waals surface area contributed by atoms with Gasteiger partial charge in [-0.15, -0.1) is 0 Å². The summed E-state index contributed by atoms with van der Waals surface area (Å²) in [4.78, 5) is 54.4. The lowest BCUT2D eigenvalue weighted by Crippen LogP contribution is -2.68. The van der Waals surface area contributed by atoms with Gasteiger partial charge in [0.05, 0.1) is 19.3 Å². The van der Waals surface area contributed by atoms with Gasteiger partial charge in [0.2, 0.25) is 0 Å². The van der Waals surface area contributed by atoms with Gasteiger partial charge in [-0.05, 0) is 17.2 Å². The molecule has 0 amide bonds. The average molecular weight is 565 g/mol. The van der Waals surface area contributed by atoms with Crippen molar-refractivity contribution in [3.05, 3.63) is 95.0 Å². The van der Waals surface area contributed by atoms with E-state index in [1.807, 2.05) is 66.7 Å². The summed E-state index contributed by atoms with van der Waals surface area (Å²) < 4.78 is 25.4. The van der Waals surface area contributed by atoms with Crippen molar-refractivity contribution in [1.29, 1.82) is 0 Å². The molecule has 2 aromatic carbocycles. The van der Waals surface area contributed by atoms with E-state index >= 15 is 0 Å². The molecule has 2 bridgehead atoms. The Labute approximate surface area is 241 Å². The van der Waals surface area contributed by atoms with E-state index in [2.05, 4.69) is 0 Å². The highest BCUT2D eigenvalue weighted by Crippen LogP contribution is 2.71. The predicted octanol–water partition coefficient (Wildman–Crippen LogP) is 4.33. The van der Waals surface area contributed by atoms with Crippen LogP contribution in [0.3, 0.4) is 0 Å². The van der Waals surface area contributed by atoms with E-state index in [-0.39, 0.29) is 61.0 Å². The third kappa shape index (κ3) is 3.02. The molecule has 4 heterocycles. The number of hydrogen-bond donors (Lipinski definition) is 0. The van der Waals surface area contributed by atoms with Crippen molar-refractivity contribution in [2.24, 2.45) is 35.0 Å². The van der Waals surface area contributed by atoms with E-state index in [1.54, 1.807) is 0 Å². The minimum atomic E-state index is -1.26. The van der Waals surface area contributed by atoms with Crippen LogP contribution >= 0.6 is 0 Å². The number of carbonyl (C=O) groups excluding carboxylic acids is 4. The summed E-state index contributed by atoms with van der Waals surface area (Å²) in [6, 6.07) is 19.3. The summed E-state index contributed by atoms with van der Waals surface area (Å²) in [5.74, 6) is -2.11. The minimum absolute atomic E-state index is 0.0530. The second-order valence-electron chi connectivity index (χ2n) is 12.6. The molecule has 212 valence electrons. The van der Waals surface area contributed by atoms with Crippen LogP contribution in [-0.2, 0) is 38.1 Å². The molecule has 8 aliphatic rings. The van der Waals surface area contributed by atoms with Crippen LogP contribution in [-0.4, -0.2) is 35.7 Å². The highest BCUT2D eigenvalue weighted by Gasteiger charge is 2.77. The molecule has 1 spiro atoms. The van der Waals surface area contributed by atoms with Gasteiger partial charge < -0.3 is 18.9 Å². The van der Waals surface area contributed by atoms with Crippen LogP contribution in [0.1, 0.15) is 49.0 Å². The number of carbonyl (C=O) groups is 4. The van der Waals surface area contributed by atoms with Gasteiger partial charge in [-0.1, -0.05) is 60.7 Å². The van der Waals surface area contributed by atoms with Gasteiger partial charge in [0.1, 0.15) is 41.3 Å². The number of Topliss-reactive ketones (excluding diaryl/α,β-unsaturated/α-hetero) is 2. The Morgan fingerprint density at radius 1 is 0.667 bits per heavy atom. The van der Waals surface area contributed by atoms with E-state index in [0.717, 1.165) is 11.1 Å². The summed E-state index contributed by atoms with van der Waals surface area (Å²) in [7, 11) is 0. The van der Waals surface area contributed by atoms with Crippen molar-refractivity contribution in [3.8, 4) is 0 Å². The monoisotopic (exact) mass is 564 g/mol. The van der Waals surface area contributed by atoms with Gasteiger partial charge in [-0.3, -0.25) is 19.2 Å². The Hall–Kier alpha value is -4.20. The fraction of sp³-hybridized carbons (Fsp3) is 0.412. The highest BCUT2D eigenvalue weighted by atomic mass is 16.6. The van der Waals surface area contributed by atoms with Crippen LogP contribution in [0.25, 0.3) is 0 Å². The van der Waals surface area contributed by atoms with Gasteiger partial charge in [-0.2, -0.15) is 0 Å². The van der Waals surface area contributed by atoms with Crippen LogP contribution in [0.2, 0.25) is 0 Å². The summed E-state index contributed by atoms with van der Waals surface area (Å²) in [5, 5.41) is 0. The first-order chi connectivity index (χ1) is 20.4. The largest absolute Gasteiger partial charge is 0.489 e. The first-order valence-electron chi connectivity index (χ1n) is 14.8. The lowest BCUT2D eigenvalue weighted by Gasteiger charge is -2.63. The topological polar surface area (TPSA) is 105 Å². The predicted molar refractivity (Wildman–Crippen MR) is 144 cm³/mol. The lowest BCUT2D eigenvalue weighted by atomic mass is 9.41. The zero-order valence-corrected chi connectivity index (χ0v) is 22.6. The molecular formula is C34H28O8. The summed E-state index contributed by atoms with van der Waals surface area (Å²) >= 11 is 0. The summed E-state index contributed by atoms with van der Waals surface area (Å²) in [5.41, 5.74) is 0.981. The van der Waals surface area contributed by atoms with Crippen LogP contribution in [0, 0.1) is 35.0 Å². The molecule has 42 heavy (non-hydrogen) atoms. The van der Waals surface area contributed by atoms with Crippen LogP contribution in [0.4, 0.5) is 0 Å². The van der Waals surface area contributed by atoms with E-state index in [1.165, 1.54) is 0 Å². The van der Waals surface area contributed by atoms with Gasteiger partial charge in [0.25, 0.3) is 0 Å². The lowest BCUT2D eigenvalue weighted by molar-refractivity contribution is -0.198. The normalized spacial score (nSPS) is 40.9. The summed E-state index contributed by atoms with van der Waals surface area (Å²) in [6.45, 7) is 0. The Bertz CT molecular complexity index is 1630. The Balaban J connectivity index is 1.25. The molecule has 8 nitrogen and oxygen atoms in total. The van der Waals surface area contributed by atoms with E-state index in [9.17, 15) is 19.2 Å². The molecule has 4 aliphatic heterocycles. The number of rotatable bonds is 2. The van der Waals surface area contributed by atoms with Crippen molar-refractivity contribution in [2.45, 2.75) is 50.1 Å². The molecule has 8 heteroatoms. The maximum atomic E-state index is 14.8. The van der Waals surface area contributed by atoms with E-state index < -0.39 is 47.6 Å². The quantitative estimate of drug-likeness (QED) is 0.497. The molecule has 3 saturated heterocycles. The SMILES string of the molecule is O=C1C[C@@H]2C3=C(O[C@H](c4ccccc4)CC3=O)[C@H]3[C@H]([C@@H]4C=C5O[C@@H](c6ccccc6)CC(=O)[C@@]53[C@H]3CC(=O)O[C@@H]43)[C@@H]2O1. The first-order valence-corrected chi connectivity index (χ1v) is 14.8. The average Bonchev–Trinajstić information content (AvgIpc) is 3.60. The van der Waals surface area contributed by atoms with Crippen LogP contribution < -0.4 is 0 Å². The minimum Gasteiger partial charge on any atom is -0.489 e. The zero-order valence-electron chi connectivity index (χ0n) is 22.6. The van der Waals surface area contributed by atoms with Gasteiger partial charge in [-0.25, -0.2) is 0 Å². The molecule has 0 radical (unpaired) electrons. The number of fused-ring (bicyclic) bond motifs is 2. The molecule has 1 saturated carbocycles. The maximum absolute atomic E-state index is 14.8. The third-order valence-electron chi connectivity index (χ3n) is 10.8. The third-order valence-corrected chi connectivity index (χ3v) is 10.8. The maximum Gasteiger partial charge on any atom is 0.306 e. The van der Waals surface area contributed by atoms with Crippen molar-refractivity contribution < 1.29 is 38.1 Å². The second-order valence-corrected chi connectivity index (χ2v) is 12.6. The van der Waals surface area contributed by atoms with Gasteiger partial charge >= 0.3 is 11.9 Å². The highest BCUT2D eigenvalue weighted by molar-refractivity contribution is 6.00. The van der Waals surface area contributed by atoms with Crippen molar-refractivity contribution in [1.82, 2.24) is 0 Å². The van der Waals surface area contributed by atoms with Crippen molar-refractivity contribution in [2.75, 3.05) is 0 Å². The number of benzene rings is 2. The fourth-order valence-electron chi connectivity index (χ4n) is 9.35. The van der Waals surface area contributed by atoms with Crippen LogP contribution in [0.5, 0.6) is 0 Å². The Kier molecular flexibility index (Phi) is 4.90. The number of ether oxygens (including phenoxy) is 4. The van der Waals surface area contributed by atoms with Gasteiger partial charge in [0, 0.05) is 41.6 Å². The Morgan fingerprint density at radius 3 is 2.02 bits per heavy atom. The molecule has 10 atom stereocenters. The molecule has 0 unspecified atom stereocenters.